The Hall–Kier alpha value is -2.83. The highest BCUT2D eigenvalue weighted by atomic mass is 19.1. The molecule has 100 valence electrons. The van der Waals surface area contributed by atoms with Crippen molar-refractivity contribution in [3.63, 3.8) is 0 Å². The highest BCUT2D eigenvalue weighted by Gasteiger charge is 2.30. The van der Waals surface area contributed by atoms with Crippen LogP contribution in [0.25, 0.3) is 11.1 Å². The molecule has 1 aromatic heterocycles. The summed E-state index contributed by atoms with van der Waals surface area (Å²) >= 11 is 0. The van der Waals surface area contributed by atoms with Gasteiger partial charge in [0.2, 0.25) is 12.6 Å². The van der Waals surface area contributed by atoms with E-state index in [2.05, 4.69) is 15.4 Å². The van der Waals surface area contributed by atoms with Gasteiger partial charge in [0.1, 0.15) is 5.75 Å². The molecule has 0 atom stereocenters. The van der Waals surface area contributed by atoms with Crippen LogP contribution in [0.1, 0.15) is 15.9 Å². The molecule has 0 radical (unpaired) electrons. The minimum Gasteiger partial charge on any atom is -0.463 e. The Bertz CT molecular complexity index is 731. The Morgan fingerprint density at radius 1 is 1.15 bits per heavy atom. The highest BCUT2D eigenvalue weighted by molar-refractivity contribution is 6.54. The van der Waals surface area contributed by atoms with Crippen molar-refractivity contribution in [3.8, 4) is 16.9 Å². The van der Waals surface area contributed by atoms with Crippen LogP contribution >= 0.6 is 0 Å². The van der Waals surface area contributed by atoms with Crippen molar-refractivity contribution in [2.45, 2.75) is 0 Å². The summed E-state index contributed by atoms with van der Waals surface area (Å²) in [5.41, 5.74) is 1.73. The van der Waals surface area contributed by atoms with Gasteiger partial charge in [-0.3, -0.25) is 4.79 Å². The van der Waals surface area contributed by atoms with Crippen molar-refractivity contribution in [3.05, 3.63) is 41.7 Å². The van der Waals surface area contributed by atoms with E-state index in [4.69, 9.17) is 9.94 Å². The summed E-state index contributed by atoms with van der Waals surface area (Å²) in [5.74, 6) is -0.138. The second-order valence-corrected chi connectivity index (χ2v) is 4.06. The monoisotopic (exact) mass is 273 g/mol. The number of oxime groups is 1. The minimum absolute atomic E-state index is 0.0958. The van der Waals surface area contributed by atoms with Crippen molar-refractivity contribution in [2.75, 3.05) is 6.86 Å². The van der Waals surface area contributed by atoms with Gasteiger partial charge in [0.05, 0.1) is 12.4 Å². The highest BCUT2D eigenvalue weighted by Crippen LogP contribution is 2.35. The number of hydrogen-bond acceptors (Lipinski definition) is 6. The second kappa shape index (κ2) is 4.69. The lowest BCUT2D eigenvalue weighted by atomic mass is 9.85. The molecule has 0 unspecified atom stereocenters. The number of halogens is 1. The fraction of sp³-hybridized carbons (Fsp3) is 0.0769. The molecule has 1 aromatic carbocycles. The van der Waals surface area contributed by atoms with Crippen molar-refractivity contribution < 1.29 is 19.1 Å². The predicted octanol–water partition coefficient (Wildman–Crippen LogP) is 1.82. The van der Waals surface area contributed by atoms with Crippen LogP contribution < -0.4 is 4.74 Å². The molecule has 7 heteroatoms. The van der Waals surface area contributed by atoms with Gasteiger partial charge in [-0.2, -0.15) is 10.2 Å². The van der Waals surface area contributed by atoms with Crippen LogP contribution in [-0.2, 0) is 0 Å². The van der Waals surface area contributed by atoms with E-state index >= 15 is 0 Å². The largest absolute Gasteiger partial charge is 0.463 e. The van der Waals surface area contributed by atoms with E-state index in [1.165, 1.54) is 24.5 Å². The number of carbonyl (C=O) groups excluding carboxylic acids is 1. The molecule has 0 saturated heterocycles. The first-order valence-electron chi connectivity index (χ1n) is 5.67. The number of aromatic nitrogens is 2. The van der Waals surface area contributed by atoms with E-state index < -0.39 is 12.6 Å². The number of ketones is 1. The number of carbonyl (C=O) groups is 1. The third kappa shape index (κ3) is 1.71. The predicted molar refractivity (Wildman–Crippen MR) is 66.7 cm³/mol. The van der Waals surface area contributed by atoms with Crippen molar-refractivity contribution >= 4 is 11.5 Å². The Labute approximate surface area is 112 Å². The first-order valence-corrected chi connectivity index (χ1v) is 5.67. The van der Waals surface area contributed by atoms with Crippen LogP contribution in [0.3, 0.4) is 0 Å². The van der Waals surface area contributed by atoms with Crippen LogP contribution in [0, 0.1) is 0 Å². The fourth-order valence-corrected chi connectivity index (χ4v) is 2.17. The lowest BCUT2D eigenvalue weighted by Crippen LogP contribution is -2.22. The molecule has 0 amide bonds. The van der Waals surface area contributed by atoms with Gasteiger partial charge in [0, 0.05) is 16.7 Å². The number of hydrogen-bond donors (Lipinski definition) is 1. The van der Waals surface area contributed by atoms with Crippen LogP contribution in [0.5, 0.6) is 5.75 Å². The maximum absolute atomic E-state index is 12.2. The average molecular weight is 273 g/mol. The van der Waals surface area contributed by atoms with Crippen LogP contribution in [-0.4, -0.2) is 33.8 Å². The van der Waals surface area contributed by atoms with Gasteiger partial charge in [0.15, 0.2) is 5.71 Å². The van der Waals surface area contributed by atoms with Crippen molar-refractivity contribution in [2.24, 2.45) is 5.16 Å². The number of rotatable bonds is 2. The molecule has 6 nitrogen and oxygen atoms in total. The summed E-state index contributed by atoms with van der Waals surface area (Å²) in [6.07, 6.45) is 2.79. The molecule has 0 aliphatic heterocycles. The Kier molecular flexibility index (Phi) is 2.86. The Morgan fingerprint density at radius 2 is 1.90 bits per heavy atom. The quantitative estimate of drug-likeness (QED) is 0.666. The summed E-state index contributed by atoms with van der Waals surface area (Å²) in [6, 6.07) is 4.52. The van der Waals surface area contributed by atoms with Crippen LogP contribution in [0.15, 0.2) is 35.7 Å². The zero-order valence-electron chi connectivity index (χ0n) is 10.1. The molecule has 3 rings (SSSR count). The molecule has 0 bridgehead atoms. The summed E-state index contributed by atoms with van der Waals surface area (Å²) in [6.45, 7) is -0.961. The van der Waals surface area contributed by atoms with Crippen molar-refractivity contribution in [1.29, 1.82) is 0 Å². The number of benzene rings is 1. The van der Waals surface area contributed by atoms with Gasteiger partial charge in [0.25, 0.3) is 0 Å². The lowest BCUT2D eigenvalue weighted by Gasteiger charge is -2.19. The number of fused-ring (bicyclic) bond motifs is 3. The second-order valence-electron chi connectivity index (χ2n) is 4.06. The summed E-state index contributed by atoms with van der Waals surface area (Å²) < 4.78 is 17.0. The van der Waals surface area contributed by atoms with E-state index in [1.54, 1.807) is 6.07 Å². The van der Waals surface area contributed by atoms with Gasteiger partial charge in [-0.1, -0.05) is 5.16 Å². The van der Waals surface area contributed by atoms with Gasteiger partial charge in [-0.15, -0.1) is 0 Å². The molecular formula is C13H8FN3O3. The minimum atomic E-state index is -0.961. The van der Waals surface area contributed by atoms with E-state index in [9.17, 15) is 9.18 Å². The Morgan fingerprint density at radius 3 is 2.60 bits per heavy atom. The number of alkyl halides is 1. The molecule has 2 aromatic rings. The number of nitrogens with zero attached hydrogens (tertiary/aromatic N) is 3. The smallest absolute Gasteiger partial charge is 0.228 e. The number of ether oxygens (including phenoxy) is 1. The van der Waals surface area contributed by atoms with E-state index in [0.29, 0.717) is 28.0 Å². The lowest BCUT2D eigenvalue weighted by molar-refractivity contribution is 0.106. The maximum Gasteiger partial charge on any atom is 0.228 e. The Balaban J connectivity index is 2.27. The topological polar surface area (TPSA) is 84.7 Å². The van der Waals surface area contributed by atoms with Crippen LogP contribution in [0.2, 0.25) is 0 Å². The maximum atomic E-state index is 12.2. The van der Waals surface area contributed by atoms with Gasteiger partial charge < -0.3 is 9.94 Å². The first-order chi connectivity index (χ1) is 9.76. The van der Waals surface area contributed by atoms with Gasteiger partial charge in [-0.25, -0.2) is 4.39 Å². The third-order valence-corrected chi connectivity index (χ3v) is 3.05. The zero-order chi connectivity index (χ0) is 14.1. The van der Waals surface area contributed by atoms with E-state index in [-0.39, 0.29) is 5.71 Å². The average Bonchev–Trinajstić information content (AvgIpc) is 2.48. The summed E-state index contributed by atoms with van der Waals surface area (Å²) in [4.78, 5) is 12.2. The van der Waals surface area contributed by atoms with Crippen LogP contribution in [0.4, 0.5) is 4.39 Å². The normalized spacial score (nSPS) is 14.8. The SMILES string of the molecule is O=C1C(=NO)c2cnncc2-c2cc(OCF)ccc21. The fourth-order valence-electron chi connectivity index (χ4n) is 2.17. The van der Waals surface area contributed by atoms with Gasteiger partial charge >= 0.3 is 0 Å². The zero-order valence-corrected chi connectivity index (χ0v) is 10.1. The standard InChI is InChI=1S/C13H8FN3O3/c14-6-20-7-1-2-8-9(3-7)10-4-15-16-5-11(10)12(17-19)13(8)18/h1-5,19H,6H2. The molecule has 1 aliphatic carbocycles. The molecule has 0 spiro atoms. The molecule has 20 heavy (non-hydrogen) atoms. The molecule has 1 N–H and O–H groups in total. The summed E-state index contributed by atoms with van der Waals surface area (Å²) in [7, 11) is 0. The third-order valence-electron chi connectivity index (χ3n) is 3.05. The molecule has 1 aliphatic rings. The van der Waals surface area contributed by atoms with Gasteiger partial charge in [-0.05, 0) is 23.8 Å². The summed E-state index contributed by atoms with van der Waals surface area (Å²) in [5, 5.41) is 19.5. The molecule has 0 fully saturated rings. The number of Topliss-reactive ketones (excluding diaryl/α,β-unsaturated/α-hetero) is 1. The molecule has 0 saturated carbocycles. The van der Waals surface area contributed by atoms with Crippen molar-refractivity contribution in [1.82, 2.24) is 10.2 Å². The molecular weight excluding hydrogens is 265 g/mol. The van der Waals surface area contributed by atoms with E-state index in [0.717, 1.165) is 0 Å². The first kappa shape index (κ1) is 12.2. The molecule has 1 heterocycles. The van der Waals surface area contributed by atoms with E-state index in [1.807, 2.05) is 0 Å².